The molecule has 10 heteroatoms. The van der Waals surface area contributed by atoms with Gasteiger partial charge in [0.2, 0.25) is 5.88 Å². The number of ether oxygens (including phenoxy) is 2. The van der Waals surface area contributed by atoms with Crippen LogP contribution in [0.25, 0.3) is 22.5 Å². The van der Waals surface area contributed by atoms with Crippen LogP contribution in [0.4, 0.5) is 5.69 Å². The van der Waals surface area contributed by atoms with Crippen molar-refractivity contribution < 1.29 is 23.8 Å². The molecule has 5 rings (SSSR count). The first-order valence-corrected chi connectivity index (χ1v) is 12.1. The Balaban J connectivity index is 1.54. The standard InChI is InChI=1S/C26H22N4O5S/c1-16-24(28-15-35-16)20-12-22(17-2-4-18(5-3-17)30-7-9-33-10-8-30)29-25(21(20)13-27)34-14-23-19(26(31)32)6-11-36-23/h2-6,11-12,15H,7-10,14H2,1H3,(H,31,32). The summed E-state index contributed by atoms with van der Waals surface area (Å²) in [6, 6.07) is 13.5. The number of hydrogen-bond acceptors (Lipinski definition) is 9. The molecule has 9 nitrogen and oxygen atoms in total. The summed E-state index contributed by atoms with van der Waals surface area (Å²) in [5.41, 5.74) is 3.96. The molecule has 3 aromatic heterocycles. The van der Waals surface area contributed by atoms with Gasteiger partial charge in [-0.15, -0.1) is 11.3 Å². The average Bonchev–Trinajstić information content (AvgIpc) is 3.56. The van der Waals surface area contributed by atoms with E-state index < -0.39 is 5.97 Å². The van der Waals surface area contributed by atoms with Crippen molar-refractivity contribution in [1.29, 1.82) is 5.26 Å². The highest BCUT2D eigenvalue weighted by molar-refractivity contribution is 7.10. The summed E-state index contributed by atoms with van der Waals surface area (Å²) in [6.07, 6.45) is 1.33. The predicted octanol–water partition coefficient (Wildman–Crippen LogP) is 4.76. The van der Waals surface area contributed by atoms with E-state index in [4.69, 9.17) is 13.9 Å². The van der Waals surface area contributed by atoms with Crippen LogP contribution in [0.5, 0.6) is 5.88 Å². The van der Waals surface area contributed by atoms with Gasteiger partial charge >= 0.3 is 5.97 Å². The fourth-order valence-corrected chi connectivity index (χ4v) is 4.85. The molecule has 1 saturated heterocycles. The third-order valence-corrected chi connectivity index (χ3v) is 6.85. The molecule has 1 fully saturated rings. The van der Waals surface area contributed by atoms with Crippen LogP contribution in [0, 0.1) is 18.3 Å². The zero-order chi connectivity index (χ0) is 25.1. The highest BCUT2D eigenvalue weighted by Gasteiger charge is 2.21. The van der Waals surface area contributed by atoms with Crippen LogP contribution in [0.15, 0.2) is 52.6 Å². The predicted molar refractivity (Wildman–Crippen MR) is 133 cm³/mol. The van der Waals surface area contributed by atoms with Crippen molar-refractivity contribution >= 4 is 23.0 Å². The Bertz CT molecular complexity index is 1430. The summed E-state index contributed by atoms with van der Waals surface area (Å²) in [5.74, 6) is -0.366. The molecule has 182 valence electrons. The number of benzene rings is 1. The number of aromatic carboxylic acids is 1. The lowest BCUT2D eigenvalue weighted by Gasteiger charge is -2.28. The number of aromatic nitrogens is 2. The van der Waals surface area contributed by atoms with Gasteiger partial charge in [0.25, 0.3) is 0 Å². The van der Waals surface area contributed by atoms with Crippen molar-refractivity contribution in [2.75, 3.05) is 31.2 Å². The maximum atomic E-state index is 11.5. The number of hydrogen-bond donors (Lipinski definition) is 1. The maximum Gasteiger partial charge on any atom is 0.336 e. The lowest BCUT2D eigenvalue weighted by molar-refractivity contribution is 0.0694. The molecule has 4 aromatic rings. The van der Waals surface area contributed by atoms with Crippen molar-refractivity contribution in [3.05, 3.63) is 69.9 Å². The van der Waals surface area contributed by atoms with Crippen LogP contribution in [-0.4, -0.2) is 47.3 Å². The average molecular weight is 503 g/mol. The Labute approximate surface area is 211 Å². The van der Waals surface area contributed by atoms with Gasteiger partial charge in [-0.05, 0) is 36.6 Å². The number of carboxylic acid groups (broad SMARTS) is 1. The van der Waals surface area contributed by atoms with Crippen LogP contribution in [0.2, 0.25) is 0 Å². The Kier molecular flexibility index (Phi) is 6.66. The van der Waals surface area contributed by atoms with Crippen LogP contribution in [0.1, 0.15) is 26.6 Å². The molecule has 0 aliphatic carbocycles. The van der Waals surface area contributed by atoms with Gasteiger partial charge in [-0.1, -0.05) is 12.1 Å². The number of thiophene rings is 1. The summed E-state index contributed by atoms with van der Waals surface area (Å²) in [5, 5.41) is 21.1. The van der Waals surface area contributed by atoms with Gasteiger partial charge in [-0.2, -0.15) is 5.26 Å². The van der Waals surface area contributed by atoms with Crippen LogP contribution >= 0.6 is 11.3 Å². The summed E-state index contributed by atoms with van der Waals surface area (Å²) in [7, 11) is 0. The number of carbonyl (C=O) groups is 1. The van der Waals surface area contributed by atoms with E-state index in [0.29, 0.717) is 40.8 Å². The first-order valence-electron chi connectivity index (χ1n) is 11.3. The van der Waals surface area contributed by atoms with E-state index in [1.165, 1.54) is 23.8 Å². The number of oxazole rings is 1. The number of anilines is 1. The smallest absolute Gasteiger partial charge is 0.336 e. The van der Waals surface area contributed by atoms with Gasteiger partial charge in [0.15, 0.2) is 6.39 Å². The summed E-state index contributed by atoms with van der Waals surface area (Å²) < 4.78 is 16.8. The molecule has 0 amide bonds. The van der Waals surface area contributed by atoms with Gasteiger partial charge in [0.05, 0.1) is 29.3 Å². The molecule has 0 spiro atoms. The van der Waals surface area contributed by atoms with Crippen LogP contribution in [-0.2, 0) is 11.3 Å². The number of pyridine rings is 1. The van der Waals surface area contributed by atoms with Crippen molar-refractivity contribution in [2.24, 2.45) is 0 Å². The van der Waals surface area contributed by atoms with E-state index in [9.17, 15) is 15.2 Å². The van der Waals surface area contributed by atoms with Gasteiger partial charge in [0, 0.05) is 29.9 Å². The van der Waals surface area contributed by atoms with Gasteiger partial charge in [0.1, 0.15) is 29.7 Å². The van der Waals surface area contributed by atoms with Gasteiger partial charge in [-0.3, -0.25) is 0 Å². The molecule has 0 bridgehead atoms. The van der Waals surface area contributed by atoms with Crippen molar-refractivity contribution in [3.8, 4) is 34.5 Å². The molecule has 0 saturated carbocycles. The third-order valence-electron chi connectivity index (χ3n) is 5.95. The molecule has 36 heavy (non-hydrogen) atoms. The first-order chi connectivity index (χ1) is 17.5. The van der Waals surface area contributed by atoms with Crippen molar-refractivity contribution in [1.82, 2.24) is 9.97 Å². The summed E-state index contributed by atoms with van der Waals surface area (Å²) in [4.78, 5) is 23.2. The number of nitriles is 1. The Morgan fingerprint density at radius 1 is 1.25 bits per heavy atom. The van der Waals surface area contributed by atoms with E-state index >= 15 is 0 Å². The minimum atomic E-state index is -1.03. The summed E-state index contributed by atoms with van der Waals surface area (Å²) in [6.45, 7) is 4.82. The lowest BCUT2D eigenvalue weighted by Crippen LogP contribution is -2.36. The Hall–Kier alpha value is -4.20. The minimum Gasteiger partial charge on any atom is -0.478 e. The fourth-order valence-electron chi connectivity index (χ4n) is 4.07. The zero-order valence-electron chi connectivity index (χ0n) is 19.4. The molecule has 0 radical (unpaired) electrons. The molecule has 0 unspecified atom stereocenters. The Morgan fingerprint density at radius 2 is 2.03 bits per heavy atom. The van der Waals surface area contributed by atoms with Gasteiger partial charge in [-0.25, -0.2) is 14.8 Å². The van der Waals surface area contributed by atoms with E-state index in [-0.39, 0.29) is 23.6 Å². The SMILES string of the molecule is Cc1ocnc1-c1cc(-c2ccc(N3CCOCC3)cc2)nc(OCc2sccc2C(=O)O)c1C#N. The van der Waals surface area contributed by atoms with Crippen molar-refractivity contribution in [2.45, 2.75) is 13.5 Å². The molecular formula is C26H22N4O5S. The molecule has 1 aliphatic heterocycles. The molecular weight excluding hydrogens is 480 g/mol. The monoisotopic (exact) mass is 502 g/mol. The van der Waals surface area contributed by atoms with Gasteiger partial charge < -0.3 is 23.9 Å². The normalized spacial score (nSPS) is 13.4. The van der Waals surface area contributed by atoms with Crippen LogP contribution < -0.4 is 9.64 Å². The summed E-state index contributed by atoms with van der Waals surface area (Å²) >= 11 is 1.27. The molecule has 1 aromatic carbocycles. The lowest BCUT2D eigenvalue weighted by atomic mass is 10.0. The second-order valence-corrected chi connectivity index (χ2v) is 9.10. The Morgan fingerprint density at radius 3 is 2.69 bits per heavy atom. The second-order valence-electron chi connectivity index (χ2n) is 8.10. The van der Waals surface area contributed by atoms with Crippen molar-refractivity contribution in [3.63, 3.8) is 0 Å². The molecule has 4 heterocycles. The highest BCUT2D eigenvalue weighted by atomic mass is 32.1. The maximum absolute atomic E-state index is 11.5. The van der Waals surface area contributed by atoms with E-state index in [1.807, 2.05) is 24.3 Å². The zero-order valence-corrected chi connectivity index (χ0v) is 20.2. The molecule has 0 atom stereocenters. The second kappa shape index (κ2) is 10.2. The van der Waals surface area contributed by atoms with E-state index in [2.05, 4.69) is 20.9 Å². The fraction of sp³-hybridized carbons (Fsp3) is 0.231. The largest absolute Gasteiger partial charge is 0.478 e. The number of aryl methyl sites for hydroxylation is 1. The number of morpholine rings is 1. The number of nitrogens with zero attached hydrogens (tertiary/aromatic N) is 4. The third kappa shape index (κ3) is 4.66. The van der Waals surface area contributed by atoms with E-state index in [1.54, 1.807) is 18.4 Å². The number of carboxylic acids is 1. The molecule has 1 aliphatic rings. The highest BCUT2D eigenvalue weighted by Crippen LogP contribution is 2.35. The molecule has 1 N–H and O–H groups in total. The number of rotatable bonds is 7. The first kappa shape index (κ1) is 23.5. The quantitative estimate of drug-likeness (QED) is 0.381. The van der Waals surface area contributed by atoms with E-state index in [0.717, 1.165) is 24.3 Å². The minimum absolute atomic E-state index is 0.0301. The van der Waals surface area contributed by atoms with Crippen LogP contribution in [0.3, 0.4) is 0 Å². The topological polar surface area (TPSA) is 122 Å².